The van der Waals surface area contributed by atoms with E-state index in [0.717, 1.165) is 11.1 Å². The van der Waals surface area contributed by atoms with Crippen molar-refractivity contribution in [1.29, 1.82) is 0 Å². The summed E-state index contributed by atoms with van der Waals surface area (Å²) in [6.45, 7) is 0.396. The van der Waals surface area contributed by atoms with Crippen LogP contribution in [-0.2, 0) is 22.9 Å². The molecule has 0 radical (unpaired) electrons. The fourth-order valence-corrected chi connectivity index (χ4v) is 2.30. The highest BCUT2D eigenvalue weighted by Gasteiger charge is 2.35. The van der Waals surface area contributed by atoms with Gasteiger partial charge in [0.1, 0.15) is 12.8 Å². The molecule has 136 valence electrons. The van der Waals surface area contributed by atoms with E-state index < -0.39 is 18.4 Å². The van der Waals surface area contributed by atoms with E-state index in [9.17, 15) is 9.18 Å². The zero-order valence-electron chi connectivity index (χ0n) is 13.9. The number of alkyl halides is 1. The molecule has 3 N–H and O–H groups in total. The molecule has 1 aliphatic rings. The Labute approximate surface area is 150 Å². The van der Waals surface area contributed by atoms with E-state index >= 15 is 0 Å². The van der Waals surface area contributed by atoms with Gasteiger partial charge in [0.05, 0.1) is 6.61 Å². The number of hydroxylamine groups is 1. The Morgan fingerprint density at radius 3 is 2.27 bits per heavy atom. The zero-order chi connectivity index (χ0) is 18.2. The molecule has 26 heavy (non-hydrogen) atoms. The van der Waals surface area contributed by atoms with Gasteiger partial charge in [-0.25, -0.2) is 9.18 Å². The molecule has 2 atom stereocenters. The Hall–Kier alpha value is -2.97. The van der Waals surface area contributed by atoms with Crippen molar-refractivity contribution >= 4 is 11.9 Å². The van der Waals surface area contributed by atoms with E-state index in [-0.39, 0.29) is 19.0 Å². The van der Waals surface area contributed by atoms with E-state index in [2.05, 4.69) is 21.3 Å². The van der Waals surface area contributed by atoms with Crippen molar-refractivity contribution in [2.45, 2.75) is 25.6 Å². The molecule has 2 aromatic rings. The highest BCUT2D eigenvalue weighted by Crippen LogP contribution is 2.07. The second-order valence-electron chi connectivity index (χ2n) is 5.61. The van der Waals surface area contributed by atoms with E-state index in [1.54, 1.807) is 0 Å². The molecular weight excluding hydrogens is 339 g/mol. The number of nitrogens with one attached hydrogen (secondary N) is 3. The van der Waals surface area contributed by atoms with Crippen LogP contribution in [0.2, 0.25) is 0 Å². The van der Waals surface area contributed by atoms with Crippen LogP contribution in [0.4, 0.5) is 9.18 Å². The third-order valence-electron chi connectivity index (χ3n) is 3.61. The fourth-order valence-electron chi connectivity index (χ4n) is 2.30. The van der Waals surface area contributed by atoms with Gasteiger partial charge in [0.25, 0.3) is 0 Å². The van der Waals surface area contributed by atoms with Crippen LogP contribution in [0.5, 0.6) is 0 Å². The minimum absolute atomic E-state index is 0.170. The predicted octanol–water partition coefficient (Wildman–Crippen LogP) is 2.22. The SMILES string of the molecule is O=C1N/C(=N\OCc2ccccc2)C(F)C(NOCc2ccccc2)N1. The molecule has 2 amide bonds. The van der Waals surface area contributed by atoms with Gasteiger partial charge in [-0.3, -0.25) is 10.2 Å². The number of carbonyl (C=O) groups is 1. The molecule has 8 heteroatoms. The number of amidine groups is 1. The lowest BCUT2D eigenvalue weighted by molar-refractivity contribution is -0.0162. The topological polar surface area (TPSA) is 84.0 Å². The Kier molecular flexibility index (Phi) is 6.13. The lowest BCUT2D eigenvalue weighted by Gasteiger charge is -2.28. The maximum absolute atomic E-state index is 14.5. The Bertz CT molecular complexity index is 743. The number of carbonyl (C=O) groups excluding carboxylic acids is 1. The van der Waals surface area contributed by atoms with Crippen LogP contribution < -0.4 is 16.1 Å². The van der Waals surface area contributed by atoms with Gasteiger partial charge in [0, 0.05) is 0 Å². The lowest BCUT2D eigenvalue weighted by atomic mass is 10.2. The molecule has 0 aromatic heterocycles. The second-order valence-corrected chi connectivity index (χ2v) is 5.61. The van der Waals surface area contributed by atoms with Crippen LogP contribution in [-0.4, -0.2) is 24.2 Å². The molecule has 0 saturated carbocycles. The van der Waals surface area contributed by atoms with Crippen LogP contribution in [0, 0.1) is 0 Å². The quantitative estimate of drug-likeness (QED) is 0.663. The number of oxime groups is 1. The van der Waals surface area contributed by atoms with Crippen molar-refractivity contribution in [1.82, 2.24) is 16.1 Å². The average molecular weight is 358 g/mol. The van der Waals surface area contributed by atoms with E-state index in [4.69, 9.17) is 9.68 Å². The van der Waals surface area contributed by atoms with Gasteiger partial charge < -0.3 is 10.2 Å². The molecule has 0 bridgehead atoms. The van der Waals surface area contributed by atoms with E-state index in [0.29, 0.717) is 0 Å². The Morgan fingerprint density at radius 1 is 1.00 bits per heavy atom. The van der Waals surface area contributed by atoms with Crippen molar-refractivity contribution in [3.05, 3.63) is 71.8 Å². The van der Waals surface area contributed by atoms with Crippen molar-refractivity contribution in [2.75, 3.05) is 0 Å². The number of urea groups is 1. The minimum Gasteiger partial charge on any atom is -0.389 e. The van der Waals surface area contributed by atoms with Crippen molar-refractivity contribution in [3.8, 4) is 0 Å². The van der Waals surface area contributed by atoms with Crippen LogP contribution in [0.1, 0.15) is 11.1 Å². The maximum atomic E-state index is 14.5. The maximum Gasteiger partial charge on any atom is 0.321 e. The average Bonchev–Trinajstić information content (AvgIpc) is 2.67. The largest absolute Gasteiger partial charge is 0.389 e. The summed E-state index contributed by atoms with van der Waals surface area (Å²) in [5, 5.41) is 8.39. The summed E-state index contributed by atoms with van der Waals surface area (Å²) < 4.78 is 14.5. The highest BCUT2D eigenvalue weighted by atomic mass is 19.1. The Morgan fingerprint density at radius 2 is 1.62 bits per heavy atom. The molecule has 3 rings (SSSR count). The number of halogens is 1. The molecule has 1 heterocycles. The van der Waals surface area contributed by atoms with Crippen LogP contribution >= 0.6 is 0 Å². The van der Waals surface area contributed by atoms with E-state index in [1.807, 2.05) is 60.7 Å². The minimum atomic E-state index is -1.65. The number of nitrogens with zero attached hydrogens (tertiary/aromatic N) is 1. The van der Waals surface area contributed by atoms with Crippen molar-refractivity contribution in [2.24, 2.45) is 5.16 Å². The first-order valence-electron chi connectivity index (χ1n) is 8.09. The molecule has 0 spiro atoms. The number of hydrogen-bond donors (Lipinski definition) is 3. The molecular formula is C18H19FN4O3. The van der Waals surface area contributed by atoms with Crippen LogP contribution in [0.25, 0.3) is 0 Å². The first-order chi connectivity index (χ1) is 12.7. The Balaban J connectivity index is 1.52. The summed E-state index contributed by atoms with van der Waals surface area (Å²) in [5.74, 6) is -0.217. The first-order valence-corrected chi connectivity index (χ1v) is 8.09. The third-order valence-corrected chi connectivity index (χ3v) is 3.61. The molecule has 1 fully saturated rings. The smallest absolute Gasteiger partial charge is 0.321 e. The summed E-state index contributed by atoms with van der Waals surface area (Å²) in [4.78, 5) is 22.1. The summed E-state index contributed by atoms with van der Waals surface area (Å²) in [5.41, 5.74) is 4.30. The van der Waals surface area contributed by atoms with Gasteiger partial charge in [-0.05, 0) is 11.1 Å². The van der Waals surface area contributed by atoms with Gasteiger partial charge in [0.15, 0.2) is 12.0 Å². The standard InChI is InChI=1S/C18H19FN4O3/c19-15-16(22-25-11-13-7-3-1-4-8-13)20-18(24)21-17(15)23-26-12-14-9-5-2-6-10-14/h1-10,15-16,22H,11-12H2,(H2,20,21,23,24). The third kappa shape index (κ3) is 5.01. The number of benzene rings is 2. The number of hydrogen-bond acceptors (Lipinski definition) is 5. The van der Waals surface area contributed by atoms with Gasteiger partial charge in [-0.15, -0.1) is 0 Å². The lowest BCUT2D eigenvalue weighted by Crippen LogP contribution is -2.64. The molecule has 7 nitrogen and oxygen atoms in total. The predicted molar refractivity (Wildman–Crippen MR) is 93.4 cm³/mol. The molecule has 2 aromatic carbocycles. The van der Waals surface area contributed by atoms with Gasteiger partial charge >= 0.3 is 6.03 Å². The molecule has 0 aliphatic carbocycles. The van der Waals surface area contributed by atoms with Crippen molar-refractivity contribution in [3.63, 3.8) is 0 Å². The van der Waals surface area contributed by atoms with Gasteiger partial charge in [-0.2, -0.15) is 5.48 Å². The monoisotopic (exact) mass is 358 g/mol. The van der Waals surface area contributed by atoms with Crippen molar-refractivity contribution < 1.29 is 18.9 Å². The summed E-state index contributed by atoms with van der Waals surface area (Å²) >= 11 is 0. The number of rotatable bonds is 7. The summed E-state index contributed by atoms with van der Waals surface area (Å²) in [7, 11) is 0. The zero-order valence-corrected chi connectivity index (χ0v) is 13.9. The molecule has 1 saturated heterocycles. The summed E-state index contributed by atoms with van der Waals surface area (Å²) in [6.07, 6.45) is -2.73. The van der Waals surface area contributed by atoms with Gasteiger partial charge in [0.2, 0.25) is 0 Å². The summed E-state index contributed by atoms with van der Waals surface area (Å²) in [6, 6.07) is 18.1. The second kappa shape index (κ2) is 8.93. The van der Waals surface area contributed by atoms with Crippen LogP contribution in [0.3, 0.4) is 0 Å². The van der Waals surface area contributed by atoms with Crippen LogP contribution in [0.15, 0.2) is 65.8 Å². The molecule has 1 aliphatic heterocycles. The van der Waals surface area contributed by atoms with Gasteiger partial charge in [-0.1, -0.05) is 65.8 Å². The highest BCUT2D eigenvalue weighted by molar-refractivity contribution is 6.02. The molecule has 2 unspecified atom stereocenters. The first kappa shape index (κ1) is 17.8. The normalized spacial score (nSPS) is 21.1. The number of amides is 2. The fraction of sp³-hybridized carbons (Fsp3) is 0.222. The van der Waals surface area contributed by atoms with E-state index in [1.165, 1.54) is 0 Å².